The van der Waals surface area contributed by atoms with Crippen molar-refractivity contribution in [1.82, 2.24) is 4.90 Å². The Balaban J connectivity index is 2.07. The molecule has 0 radical (unpaired) electrons. The summed E-state index contributed by atoms with van der Waals surface area (Å²) in [5, 5.41) is 0. The van der Waals surface area contributed by atoms with E-state index in [1.54, 1.807) is 0 Å². The smallest absolute Gasteiger partial charge is 0.191 e. The quantitative estimate of drug-likeness (QED) is 0.714. The van der Waals surface area contributed by atoms with E-state index in [2.05, 4.69) is 23.7 Å². The van der Waals surface area contributed by atoms with Crippen LogP contribution in [0.1, 0.15) is 13.8 Å². The number of nitrogens with zero attached hydrogens (tertiary/aromatic N) is 2. The van der Waals surface area contributed by atoms with E-state index in [1.165, 1.54) is 11.5 Å². The average molecular weight is 199 g/mol. The maximum Gasteiger partial charge on any atom is 0.191 e. The highest BCUT2D eigenvalue weighted by Gasteiger charge is 2.47. The van der Waals surface area contributed by atoms with E-state index >= 15 is 0 Å². The van der Waals surface area contributed by atoms with Crippen LogP contribution >= 0.6 is 11.8 Å². The van der Waals surface area contributed by atoms with E-state index in [4.69, 9.17) is 5.73 Å². The van der Waals surface area contributed by atoms with Gasteiger partial charge in [0.05, 0.1) is 12.1 Å². The van der Waals surface area contributed by atoms with Crippen molar-refractivity contribution < 1.29 is 0 Å². The predicted octanol–water partition coefficient (Wildman–Crippen LogP) is 0.758. The molecule has 0 aromatic heterocycles. The summed E-state index contributed by atoms with van der Waals surface area (Å²) in [7, 11) is 0. The van der Waals surface area contributed by atoms with Gasteiger partial charge in [-0.15, -0.1) is 0 Å². The lowest BCUT2D eigenvalue weighted by Crippen LogP contribution is -2.60. The van der Waals surface area contributed by atoms with Crippen molar-refractivity contribution in [1.29, 1.82) is 0 Å². The van der Waals surface area contributed by atoms with Crippen LogP contribution in [-0.2, 0) is 0 Å². The molecular weight excluding hydrogens is 182 g/mol. The molecule has 0 aliphatic carbocycles. The Bertz CT molecular complexity index is 233. The lowest BCUT2D eigenvalue weighted by molar-refractivity contribution is 0.221. The Morgan fingerprint density at radius 1 is 1.62 bits per heavy atom. The second-order valence-corrected chi connectivity index (χ2v) is 5.38. The third-order valence-corrected chi connectivity index (χ3v) is 4.16. The molecule has 2 N–H and O–H groups in total. The van der Waals surface area contributed by atoms with Crippen molar-refractivity contribution in [2.75, 3.05) is 24.6 Å². The molecule has 0 atom stereocenters. The van der Waals surface area contributed by atoms with Crippen molar-refractivity contribution in [3.8, 4) is 0 Å². The molecule has 3 nitrogen and oxygen atoms in total. The Hall–Kier alpha value is -0.380. The number of guanidine groups is 1. The maximum atomic E-state index is 5.88. The molecule has 13 heavy (non-hydrogen) atoms. The summed E-state index contributed by atoms with van der Waals surface area (Å²) in [5.41, 5.74) is 6.18. The lowest BCUT2D eigenvalue weighted by atomic mass is 10.0. The zero-order valence-corrected chi connectivity index (χ0v) is 9.10. The molecule has 2 aliphatic rings. The fraction of sp³-hybridized carbons (Fsp3) is 0.889. The van der Waals surface area contributed by atoms with Crippen molar-refractivity contribution in [2.24, 2.45) is 16.6 Å². The minimum Gasteiger partial charge on any atom is -0.370 e. The number of aliphatic imine (C=N–C) groups is 1. The fourth-order valence-electron chi connectivity index (χ4n) is 1.88. The lowest BCUT2D eigenvalue weighted by Gasteiger charge is -2.46. The van der Waals surface area contributed by atoms with Crippen LogP contribution in [0.2, 0.25) is 0 Å². The molecule has 0 bridgehead atoms. The molecule has 0 amide bonds. The van der Waals surface area contributed by atoms with E-state index in [9.17, 15) is 0 Å². The first kappa shape index (κ1) is 9.19. The van der Waals surface area contributed by atoms with Gasteiger partial charge in [-0.1, -0.05) is 13.8 Å². The number of thioether (sulfide) groups is 1. The highest BCUT2D eigenvalue weighted by molar-refractivity contribution is 8.00. The van der Waals surface area contributed by atoms with Crippen molar-refractivity contribution >= 4 is 17.7 Å². The second kappa shape index (κ2) is 3.08. The first-order valence-corrected chi connectivity index (χ1v) is 5.95. The van der Waals surface area contributed by atoms with Crippen LogP contribution in [0.5, 0.6) is 0 Å². The first-order chi connectivity index (χ1) is 6.14. The van der Waals surface area contributed by atoms with Gasteiger partial charge in [0.25, 0.3) is 0 Å². The van der Waals surface area contributed by atoms with Crippen LogP contribution in [0.4, 0.5) is 0 Å². The summed E-state index contributed by atoms with van der Waals surface area (Å²) in [6.45, 7) is 6.42. The molecule has 74 valence electrons. The summed E-state index contributed by atoms with van der Waals surface area (Å²) in [4.78, 5) is 6.67. The van der Waals surface area contributed by atoms with E-state index in [0.29, 0.717) is 11.5 Å². The minimum atomic E-state index is 0.305. The van der Waals surface area contributed by atoms with Crippen LogP contribution in [0, 0.1) is 5.92 Å². The SMILES string of the molecule is CC(C)CN1C(N)=NCC12CSC2. The van der Waals surface area contributed by atoms with Gasteiger partial charge in [0.2, 0.25) is 0 Å². The van der Waals surface area contributed by atoms with Gasteiger partial charge in [0, 0.05) is 18.1 Å². The molecule has 0 aromatic rings. The van der Waals surface area contributed by atoms with Crippen LogP contribution in [-0.4, -0.2) is 41.0 Å². The Labute approximate surface area is 83.8 Å². The summed E-state index contributed by atoms with van der Waals surface area (Å²) < 4.78 is 0. The van der Waals surface area contributed by atoms with E-state index in [1.807, 2.05) is 11.8 Å². The first-order valence-electron chi connectivity index (χ1n) is 4.79. The molecule has 1 saturated heterocycles. The fourth-order valence-corrected chi connectivity index (χ4v) is 3.05. The van der Waals surface area contributed by atoms with E-state index < -0.39 is 0 Å². The molecule has 0 aromatic carbocycles. The minimum absolute atomic E-state index is 0.305. The Kier molecular flexibility index (Phi) is 2.18. The van der Waals surface area contributed by atoms with Gasteiger partial charge < -0.3 is 10.6 Å². The summed E-state index contributed by atoms with van der Waals surface area (Å²) >= 11 is 2.00. The van der Waals surface area contributed by atoms with Gasteiger partial charge >= 0.3 is 0 Å². The molecule has 1 fully saturated rings. The third-order valence-electron chi connectivity index (χ3n) is 2.67. The van der Waals surface area contributed by atoms with Crippen LogP contribution < -0.4 is 5.73 Å². The van der Waals surface area contributed by atoms with Gasteiger partial charge in [-0.25, -0.2) is 0 Å². The molecule has 2 aliphatic heterocycles. The Morgan fingerprint density at radius 2 is 2.31 bits per heavy atom. The second-order valence-electron chi connectivity index (χ2n) is 4.40. The van der Waals surface area contributed by atoms with Crippen molar-refractivity contribution in [2.45, 2.75) is 19.4 Å². The van der Waals surface area contributed by atoms with Gasteiger partial charge in [-0.05, 0) is 5.92 Å². The van der Waals surface area contributed by atoms with Gasteiger partial charge in [0.1, 0.15) is 0 Å². The highest BCUT2D eigenvalue weighted by Crippen LogP contribution is 2.38. The number of hydrogen-bond donors (Lipinski definition) is 1. The van der Waals surface area contributed by atoms with Crippen LogP contribution in [0.25, 0.3) is 0 Å². The highest BCUT2D eigenvalue weighted by atomic mass is 32.2. The summed E-state index contributed by atoms with van der Waals surface area (Å²) in [6.07, 6.45) is 0. The third kappa shape index (κ3) is 1.41. The molecule has 1 spiro atoms. The summed E-state index contributed by atoms with van der Waals surface area (Å²) in [5.74, 6) is 3.82. The number of rotatable bonds is 2. The zero-order chi connectivity index (χ0) is 9.47. The predicted molar refractivity (Wildman–Crippen MR) is 58.1 cm³/mol. The molecule has 0 saturated carbocycles. The van der Waals surface area contributed by atoms with Crippen LogP contribution in [0.3, 0.4) is 0 Å². The summed E-state index contributed by atoms with van der Waals surface area (Å²) in [6, 6.07) is 0. The molecular formula is C9H17N3S. The average Bonchev–Trinajstić information content (AvgIpc) is 2.27. The standard InChI is InChI=1S/C9H17N3S/c1-7(2)3-12-8(10)11-4-9(12)5-13-6-9/h7H,3-6H2,1-2H3,(H2,10,11). The van der Waals surface area contributed by atoms with Crippen LogP contribution in [0.15, 0.2) is 4.99 Å². The molecule has 2 rings (SSSR count). The zero-order valence-electron chi connectivity index (χ0n) is 8.29. The van der Waals surface area contributed by atoms with Gasteiger partial charge in [-0.2, -0.15) is 11.8 Å². The van der Waals surface area contributed by atoms with Crippen molar-refractivity contribution in [3.05, 3.63) is 0 Å². The van der Waals surface area contributed by atoms with Gasteiger partial charge in [-0.3, -0.25) is 4.99 Å². The van der Waals surface area contributed by atoms with E-state index in [-0.39, 0.29) is 0 Å². The normalized spacial score (nSPS) is 25.2. The Morgan fingerprint density at radius 3 is 2.77 bits per heavy atom. The topological polar surface area (TPSA) is 41.6 Å². The van der Waals surface area contributed by atoms with E-state index in [0.717, 1.165) is 19.0 Å². The molecule has 2 heterocycles. The number of hydrogen-bond acceptors (Lipinski definition) is 4. The molecule has 4 heteroatoms. The monoisotopic (exact) mass is 199 g/mol. The van der Waals surface area contributed by atoms with Crippen molar-refractivity contribution in [3.63, 3.8) is 0 Å². The number of nitrogens with two attached hydrogens (primary N) is 1. The largest absolute Gasteiger partial charge is 0.370 e. The maximum absolute atomic E-state index is 5.88. The molecule has 0 unspecified atom stereocenters. The van der Waals surface area contributed by atoms with Gasteiger partial charge in [0.15, 0.2) is 5.96 Å².